The maximum atomic E-state index is 11.3. The molecule has 0 bridgehead atoms. The van der Waals surface area contributed by atoms with Crippen LogP contribution in [-0.2, 0) is 18.3 Å². The van der Waals surface area contributed by atoms with Gasteiger partial charge in [0.25, 0.3) is 5.91 Å². The first-order chi connectivity index (χ1) is 10.1. The number of nitrogens with two attached hydrogens (primary N) is 1. The van der Waals surface area contributed by atoms with Crippen molar-refractivity contribution in [2.75, 3.05) is 29.5 Å². The number of carbonyl (C=O) groups is 1. The Morgan fingerprint density at radius 1 is 1.52 bits per heavy atom. The molecule has 0 aliphatic carbocycles. The topological polar surface area (TPSA) is 107 Å². The molecule has 1 aliphatic rings. The minimum atomic E-state index is -0.170. The van der Waals surface area contributed by atoms with E-state index in [2.05, 4.69) is 20.7 Å². The molecule has 2 heterocycles. The van der Waals surface area contributed by atoms with E-state index < -0.39 is 0 Å². The number of benzene rings is 1. The number of nitrogen functional groups attached to an aromatic ring is 1. The lowest BCUT2D eigenvalue weighted by Gasteiger charge is -2.20. The standard InChI is InChI=1S/C13H16N6O2/c1-19-7-16-12(18-19)2-3-15-9-5-10-11(4-8(9)14)21-6-13(20)17-10/h4-5,7,15H,2-3,6,14H2,1H3,(H,17,20). The van der Waals surface area contributed by atoms with E-state index in [1.807, 2.05) is 7.05 Å². The predicted molar refractivity (Wildman–Crippen MR) is 78.2 cm³/mol. The number of ether oxygens (including phenoxy) is 1. The minimum absolute atomic E-state index is 0.0184. The first kappa shape index (κ1) is 13.2. The number of nitrogens with one attached hydrogen (secondary N) is 2. The van der Waals surface area contributed by atoms with Crippen molar-refractivity contribution in [2.24, 2.45) is 7.05 Å². The van der Waals surface area contributed by atoms with Crippen LogP contribution in [-0.4, -0.2) is 33.8 Å². The number of amides is 1. The molecule has 0 spiro atoms. The Morgan fingerprint density at radius 3 is 3.14 bits per heavy atom. The van der Waals surface area contributed by atoms with Gasteiger partial charge in [-0.1, -0.05) is 0 Å². The average molecular weight is 288 g/mol. The zero-order valence-corrected chi connectivity index (χ0v) is 11.6. The highest BCUT2D eigenvalue weighted by Crippen LogP contribution is 2.35. The molecule has 1 aliphatic heterocycles. The van der Waals surface area contributed by atoms with Crippen molar-refractivity contribution in [1.29, 1.82) is 0 Å². The Labute approximate surface area is 121 Å². The second kappa shape index (κ2) is 5.31. The maximum Gasteiger partial charge on any atom is 0.262 e. The first-order valence-electron chi connectivity index (χ1n) is 6.56. The molecule has 8 nitrogen and oxygen atoms in total. The molecular weight excluding hydrogens is 272 g/mol. The number of aryl methyl sites for hydroxylation is 1. The summed E-state index contributed by atoms with van der Waals surface area (Å²) >= 11 is 0. The summed E-state index contributed by atoms with van der Waals surface area (Å²) in [5, 5.41) is 10.2. The highest BCUT2D eigenvalue weighted by atomic mass is 16.5. The van der Waals surface area contributed by atoms with Gasteiger partial charge < -0.3 is 21.1 Å². The third-order valence-corrected chi connectivity index (χ3v) is 3.10. The van der Waals surface area contributed by atoms with E-state index in [0.29, 0.717) is 30.1 Å². The van der Waals surface area contributed by atoms with Gasteiger partial charge >= 0.3 is 0 Å². The summed E-state index contributed by atoms with van der Waals surface area (Å²) in [4.78, 5) is 15.5. The van der Waals surface area contributed by atoms with E-state index in [-0.39, 0.29) is 12.5 Å². The fourth-order valence-electron chi connectivity index (χ4n) is 2.10. The summed E-state index contributed by atoms with van der Waals surface area (Å²) in [6.07, 6.45) is 2.34. The van der Waals surface area contributed by atoms with Crippen LogP contribution < -0.4 is 21.1 Å². The van der Waals surface area contributed by atoms with Crippen LogP contribution in [0.5, 0.6) is 5.75 Å². The monoisotopic (exact) mass is 288 g/mol. The fraction of sp³-hybridized carbons (Fsp3) is 0.308. The summed E-state index contributed by atoms with van der Waals surface area (Å²) in [5.74, 6) is 1.18. The van der Waals surface area contributed by atoms with Gasteiger partial charge in [0, 0.05) is 26.1 Å². The highest BCUT2D eigenvalue weighted by molar-refractivity contribution is 5.97. The van der Waals surface area contributed by atoms with Gasteiger partial charge in [0.1, 0.15) is 12.1 Å². The average Bonchev–Trinajstić information content (AvgIpc) is 2.85. The molecule has 0 unspecified atom stereocenters. The molecule has 21 heavy (non-hydrogen) atoms. The molecule has 3 rings (SSSR count). The highest BCUT2D eigenvalue weighted by Gasteiger charge is 2.17. The molecular formula is C13H16N6O2. The normalized spacial score (nSPS) is 13.3. The zero-order valence-electron chi connectivity index (χ0n) is 11.6. The second-order valence-electron chi connectivity index (χ2n) is 4.78. The van der Waals surface area contributed by atoms with Crippen LogP contribution in [0.25, 0.3) is 0 Å². The first-order valence-corrected chi connectivity index (χ1v) is 6.56. The van der Waals surface area contributed by atoms with Crippen LogP contribution in [0.1, 0.15) is 5.82 Å². The van der Waals surface area contributed by atoms with Gasteiger partial charge in [-0.3, -0.25) is 9.48 Å². The Kier molecular flexibility index (Phi) is 3.35. The van der Waals surface area contributed by atoms with E-state index in [9.17, 15) is 4.79 Å². The van der Waals surface area contributed by atoms with Crippen molar-refractivity contribution in [3.63, 3.8) is 0 Å². The third kappa shape index (κ3) is 2.88. The number of aromatic nitrogens is 3. The summed E-state index contributed by atoms with van der Waals surface area (Å²) < 4.78 is 6.97. The Bertz CT molecular complexity index is 681. The predicted octanol–water partition coefficient (Wildman–Crippen LogP) is 0.383. The lowest BCUT2D eigenvalue weighted by molar-refractivity contribution is -0.118. The molecule has 0 saturated heterocycles. The SMILES string of the molecule is Cn1cnc(CCNc2cc3c(cc2N)OCC(=O)N3)n1. The number of carbonyl (C=O) groups excluding carboxylic acids is 1. The number of nitrogens with zero attached hydrogens (tertiary/aromatic N) is 3. The number of hydrogen-bond donors (Lipinski definition) is 3. The summed E-state index contributed by atoms with van der Waals surface area (Å²) in [6, 6.07) is 3.48. The maximum absolute atomic E-state index is 11.3. The van der Waals surface area contributed by atoms with Crippen molar-refractivity contribution in [1.82, 2.24) is 14.8 Å². The third-order valence-electron chi connectivity index (χ3n) is 3.10. The largest absolute Gasteiger partial charge is 0.482 e. The molecule has 1 aromatic heterocycles. The van der Waals surface area contributed by atoms with Crippen LogP contribution in [0.4, 0.5) is 17.1 Å². The number of anilines is 3. The van der Waals surface area contributed by atoms with Crippen molar-refractivity contribution in [3.05, 3.63) is 24.3 Å². The van der Waals surface area contributed by atoms with Gasteiger partial charge in [-0.05, 0) is 6.07 Å². The van der Waals surface area contributed by atoms with E-state index in [1.165, 1.54) is 0 Å². The van der Waals surface area contributed by atoms with Gasteiger partial charge in [0.15, 0.2) is 12.4 Å². The van der Waals surface area contributed by atoms with Gasteiger partial charge in [-0.15, -0.1) is 0 Å². The summed E-state index contributed by atoms with van der Waals surface area (Å²) in [5.41, 5.74) is 7.91. The number of rotatable bonds is 4. The van der Waals surface area contributed by atoms with Gasteiger partial charge in [0.2, 0.25) is 0 Å². The Morgan fingerprint density at radius 2 is 2.38 bits per heavy atom. The molecule has 0 saturated carbocycles. The number of hydrogen-bond acceptors (Lipinski definition) is 6. The van der Waals surface area contributed by atoms with Gasteiger partial charge in [0.05, 0.1) is 17.1 Å². The van der Waals surface area contributed by atoms with Crippen LogP contribution >= 0.6 is 0 Å². The molecule has 0 radical (unpaired) electrons. The molecule has 0 fully saturated rings. The van der Waals surface area contributed by atoms with Gasteiger partial charge in [-0.25, -0.2) is 4.98 Å². The molecule has 8 heteroatoms. The van der Waals surface area contributed by atoms with Crippen molar-refractivity contribution < 1.29 is 9.53 Å². The van der Waals surface area contributed by atoms with E-state index in [1.54, 1.807) is 23.1 Å². The quantitative estimate of drug-likeness (QED) is 0.702. The van der Waals surface area contributed by atoms with Crippen LogP contribution in [0.3, 0.4) is 0 Å². The molecule has 1 aromatic carbocycles. The lowest BCUT2D eigenvalue weighted by atomic mass is 10.2. The summed E-state index contributed by atoms with van der Waals surface area (Å²) in [6.45, 7) is 0.659. The van der Waals surface area contributed by atoms with E-state index >= 15 is 0 Å². The fourth-order valence-corrected chi connectivity index (χ4v) is 2.10. The number of fused-ring (bicyclic) bond motifs is 1. The van der Waals surface area contributed by atoms with Crippen molar-refractivity contribution in [2.45, 2.75) is 6.42 Å². The second-order valence-corrected chi connectivity index (χ2v) is 4.78. The lowest BCUT2D eigenvalue weighted by Crippen LogP contribution is -2.25. The molecule has 2 aromatic rings. The minimum Gasteiger partial charge on any atom is -0.482 e. The van der Waals surface area contributed by atoms with E-state index in [0.717, 1.165) is 11.5 Å². The van der Waals surface area contributed by atoms with Crippen molar-refractivity contribution in [3.8, 4) is 5.75 Å². The van der Waals surface area contributed by atoms with E-state index in [4.69, 9.17) is 10.5 Å². The summed E-state index contributed by atoms with van der Waals surface area (Å²) in [7, 11) is 1.83. The van der Waals surface area contributed by atoms with Crippen LogP contribution in [0.2, 0.25) is 0 Å². The molecule has 4 N–H and O–H groups in total. The van der Waals surface area contributed by atoms with Gasteiger partial charge in [-0.2, -0.15) is 5.10 Å². The van der Waals surface area contributed by atoms with Crippen LogP contribution in [0.15, 0.2) is 18.5 Å². The zero-order chi connectivity index (χ0) is 14.8. The Hall–Kier alpha value is -2.77. The molecule has 0 atom stereocenters. The smallest absolute Gasteiger partial charge is 0.262 e. The Balaban J connectivity index is 1.67. The molecule has 1 amide bonds. The van der Waals surface area contributed by atoms with Crippen LogP contribution in [0, 0.1) is 0 Å². The molecule has 110 valence electrons. The van der Waals surface area contributed by atoms with Crippen molar-refractivity contribution >= 4 is 23.0 Å².